The number of aromatic nitrogens is 2. The van der Waals surface area contributed by atoms with E-state index in [0.717, 1.165) is 50.7 Å². The number of hydrogen-bond donors (Lipinski definition) is 2. The van der Waals surface area contributed by atoms with Crippen molar-refractivity contribution in [3.63, 3.8) is 0 Å². The van der Waals surface area contributed by atoms with E-state index in [1.165, 1.54) is 12.8 Å². The molecule has 114 valence electrons. The molecular weight excluding hydrogens is 266 g/mol. The van der Waals surface area contributed by atoms with Gasteiger partial charge in [-0.25, -0.2) is 4.98 Å². The molecule has 2 fully saturated rings. The van der Waals surface area contributed by atoms with Crippen LogP contribution in [0.25, 0.3) is 0 Å². The van der Waals surface area contributed by atoms with Gasteiger partial charge >= 0.3 is 0 Å². The number of carbonyl (C=O) groups excluding carboxylic acids is 1. The van der Waals surface area contributed by atoms with E-state index in [1.807, 2.05) is 11.1 Å². The minimum absolute atomic E-state index is 0.267. The second kappa shape index (κ2) is 6.85. The fourth-order valence-corrected chi connectivity index (χ4v) is 3.00. The van der Waals surface area contributed by atoms with E-state index in [2.05, 4.69) is 20.6 Å². The first-order chi connectivity index (χ1) is 10.3. The lowest BCUT2D eigenvalue weighted by molar-refractivity contribution is -0.127. The van der Waals surface area contributed by atoms with Crippen molar-refractivity contribution in [3.8, 4) is 0 Å². The Bertz CT molecular complexity index is 469. The molecule has 0 bridgehead atoms. The Morgan fingerprint density at radius 2 is 2.29 bits per heavy atom. The van der Waals surface area contributed by atoms with Crippen LogP contribution in [0.2, 0.25) is 0 Å². The Morgan fingerprint density at radius 1 is 1.33 bits per heavy atom. The summed E-state index contributed by atoms with van der Waals surface area (Å²) < 4.78 is 0. The van der Waals surface area contributed by atoms with Crippen LogP contribution < -0.4 is 10.6 Å². The van der Waals surface area contributed by atoms with Gasteiger partial charge in [0.15, 0.2) is 0 Å². The summed E-state index contributed by atoms with van der Waals surface area (Å²) in [6.45, 7) is 4.47. The zero-order chi connectivity index (χ0) is 14.5. The van der Waals surface area contributed by atoms with E-state index in [0.29, 0.717) is 12.3 Å². The normalized spacial score (nSPS) is 22.6. The van der Waals surface area contributed by atoms with Gasteiger partial charge in [-0.1, -0.05) is 0 Å². The van der Waals surface area contributed by atoms with Crippen LogP contribution in [0.5, 0.6) is 0 Å². The fourth-order valence-electron chi connectivity index (χ4n) is 3.00. The van der Waals surface area contributed by atoms with Crippen molar-refractivity contribution >= 4 is 11.7 Å². The van der Waals surface area contributed by atoms with Gasteiger partial charge in [0.05, 0.1) is 18.1 Å². The van der Waals surface area contributed by atoms with Gasteiger partial charge in [0, 0.05) is 38.5 Å². The van der Waals surface area contributed by atoms with Crippen molar-refractivity contribution in [2.24, 2.45) is 0 Å². The van der Waals surface area contributed by atoms with Gasteiger partial charge in [-0.05, 0) is 25.8 Å². The van der Waals surface area contributed by atoms with E-state index in [4.69, 9.17) is 0 Å². The van der Waals surface area contributed by atoms with Gasteiger partial charge in [0.25, 0.3) is 0 Å². The third-order valence-corrected chi connectivity index (χ3v) is 4.25. The Morgan fingerprint density at radius 3 is 2.95 bits per heavy atom. The maximum absolute atomic E-state index is 11.5. The highest BCUT2D eigenvalue weighted by Gasteiger charge is 2.19. The molecule has 3 rings (SSSR count). The Balaban J connectivity index is 1.46. The molecule has 2 aliphatic heterocycles. The molecule has 1 aromatic heterocycles. The van der Waals surface area contributed by atoms with Crippen LogP contribution in [-0.2, 0) is 4.79 Å². The van der Waals surface area contributed by atoms with Crippen molar-refractivity contribution in [3.05, 3.63) is 18.1 Å². The van der Waals surface area contributed by atoms with E-state index in [1.54, 1.807) is 6.20 Å². The van der Waals surface area contributed by atoms with Gasteiger partial charge in [-0.2, -0.15) is 0 Å². The van der Waals surface area contributed by atoms with Crippen LogP contribution in [0.1, 0.15) is 37.3 Å². The van der Waals surface area contributed by atoms with Crippen molar-refractivity contribution < 1.29 is 4.79 Å². The second-order valence-corrected chi connectivity index (χ2v) is 5.78. The number of anilines is 1. The minimum atomic E-state index is 0.267. The molecule has 0 saturated carbocycles. The summed E-state index contributed by atoms with van der Waals surface area (Å²) in [6.07, 6.45) is 7.76. The lowest BCUT2D eigenvalue weighted by atomic mass is 9.97. The van der Waals surface area contributed by atoms with Crippen LogP contribution in [0.4, 0.5) is 5.82 Å². The van der Waals surface area contributed by atoms with Crippen LogP contribution in [0, 0.1) is 0 Å². The van der Waals surface area contributed by atoms with Gasteiger partial charge < -0.3 is 15.5 Å². The molecule has 6 nitrogen and oxygen atoms in total. The number of likely N-dealkylation sites (tertiary alicyclic amines) is 1. The minimum Gasteiger partial charge on any atom is -0.367 e. The average Bonchev–Trinajstić information content (AvgIpc) is 2.94. The first-order valence-electron chi connectivity index (χ1n) is 7.87. The zero-order valence-electron chi connectivity index (χ0n) is 12.3. The molecule has 21 heavy (non-hydrogen) atoms. The summed E-state index contributed by atoms with van der Waals surface area (Å²) in [6, 6.07) is 0. The molecule has 1 amide bonds. The van der Waals surface area contributed by atoms with E-state index in [9.17, 15) is 4.79 Å². The molecule has 0 aromatic carbocycles. The summed E-state index contributed by atoms with van der Waals surface area (Å²) >= 11 is 0. The second-order valence-electron chi connectivity index (χ2n) is 5.78. The Labute approximate surface area is 125 Å². The first kappa shape index (κ1) is 14.3. The zero-order valence-corrected chi connectivity index (χ0v) is 12.3. The van der Waals surface area contributed by atoms with Crippen molar-refractivity contribution in [1.29, 1.82) is 0 Å². The molecular formula is C15H23N5O. The SMILES string of the molecule is O=C1CCCN1CCNc1cnc([C@H]2CCCNC2)cn1. The van der Waals surface area contributed by atoms with Crippen molar-refractivity contribution in [2.75, 3.05) is 38.0 Å². The molecule has 2 aliphatic rings. The maximum Gasteiger partial charge on any atom is 0.222 e. The Kier molecular flexibility index (Phi) is 4.65. The molecule has 2 N–H and O–H groups in total. The van der Waals surface area contributed by atoms with Crippen LogP contribution in [0.15, 0.2) is 12.4 Å². The lowest BCUT2D eigenvalue weighted by Gasteiger charge is -2.22. The van der Waals surface area contributed by atoms with Crippen LogP contribution >= 0.6 is 0 Å². The number of amides is 1. The van der Waals surface area contributed by atoms with Gasteiger partial charge in [-0.15, -0.1) is 0 Å². The molecule has 0 aliphatic carbocycles. The quantitative estimate of drug-likeness (QED) is 0.845. The predicted octanol–water partition coefficient (Wildman–Crippen LogP) is 0.978. The summed E-state index contributed by atoms with van der Waals surface area (Å²) in [4.78, 5) is 22.4. The lowest BCUT2D eigenvalue weighted by Crippen LogP contribution is -2.30. The predicted molar refractivity (Wildman–Crippen MR) is 81.2 cm³/mol. The first-order valence-corrected chi connectivity index (χ1v) is 7.87. The fraction of sp³-hybridized carbons (Fsp3) is 0.667. The number of rotatable bonds is 5. The number of nitrogens with one attached hydrogen (secondary N) is 2. The number of carbonyl (C=O) groups is 1. The van der Waals surface area contributed by atoms with Gasteiger partial charge in [0.1, 0.15) is 5.82 Å². The highest BCUT2D eigenvalue weighted by atomic mass is 16.2. The average molecular weight is 289 g/mol. The van der Waals surface area contributed by atoms with Crippen molar-refractivity contribution in [2.45, 2.75) is 31.6 Å². The topological polar surface area (TPSA) is 70.2 Å². The number of nitrogens with zero attached hydrogens (tertiary/aromatic N) is 3. The smallest absolute Gasteiger partial charge is 0.222 e. The Hall–Kier alpha value is -1.69. The third kappa shape index (κ3) is 3.69. The van der Waals surface area contributed by atoms with Gasteiger partial charge in [0.2, 0.25) is 5.91 Å². The summed E-state index contributed by atoms with van der Waals surface area (Å²) in [5, 5.41) is 6.64. The van der Waals surface area contributed by atoms with Gasteiger partial charge in [-0.3, -0.25) is 9.78 Å². The highest BCUT2D eigenvalue weighted by molar-refractivity contribution is 5.78. The third-order valence-electron chi connectivity index (χ3n) is 4.25. The highest BCUT2D eigenvalue weighted by Crippen LogP contribution is 2.20. The largest absolute Gasteiger partial charge is 0.367 e. The van der Waals surface area contributed by atoms with Crippen molar-refractivity contribution in [1.82, 2.24) is 20.2 Å². The molecule has 6 heteroatoms. The molecule has 0 radical (unpaired) electrons. The number of piperidine rings is 1. The summed E-state index contributed by atoms with van der Waals surface area (Å²) in [7, 11) is 0. The summed E-state index contributed by atoms with van der Waals surface area (Å²) in [5.41, 5.74) is 1.07. The monoisotopic (exact) mass is 289 g/mol. The van der Waals surface area contributed by atoms with Crippen LogP contribution in [-0.4, -0.2) is 53.5 Å². The maximum atomic E-state index is 11.5. The van der Waals surface area contributed by atoms with Crippen LogP contribution in [0.3, 0.4) is 0 Å². The molecule has 1 atom stereocenters. The van der Waals surface area contributed by atoms with E-state index in [-0.39, 0.29) is 5.91 Å². The molecule has 0 unspecified atom stereocenters. The molecule has 3 heterocycles. The van der Waals surface area contributed by atoms with E-state index >= 15 is 0 Å². The summed E-state index contributed by atoms with van der Waals surface area (Å²) in [5.74, 6) is 1.54. The molecule has 0 spiro atoms. The van der Waals surface area contributed by atoms with E-state index < -0.39 is 0 Å². The number of hydrogen-bond acceptors (Lipinski definition) is 5. The molecule has 2 saturated heterocycles. The standard InChI is InChI=1S/C15H23N5O/c21-15-4-2-7-20(15)8-6-17-14-11-18-13(10-19-14)12-3-1-5-16-9-12/h10-12,16H,1-9H2,(H,17,19)/t12-/m0/s1. The molecule has 1 aromatic rings.